The zero-order valence-corrected chi connectivity index (χ0v) is 23.9. The van der Waals surface area contributed by atoms with Gasteiger partial charge >= 0.3 is 5.97 Å². The first kappa shape index (κ1) is 27.4. The van der Waals surface area contributed by atoms with E-state index in [1.165, 1.54) is 39.3 Å². The lowest BCUT2D eigenvalue weighted by atomic mass is 10.0. The molecule has 1 unspecified atom stereocenters. The van der Waals surface area contributed by atoms with Crippen LogP contribution in [0, 0.1) is 5.82 Å². The smallest absolute Gasteiger partial charge is 0.305 e. The van der Waals surface area contributed by atoms with Gasteiger partial charge < -0.3 is 9.47 Å². The number of allylic oxidation sites excluding steroid dienone is 1. The van der Waals surface area contributed by atoms with Gasteiger partial charge in [0, 0.05) is 23.6 Å². The van der Waals surface area contributed by atoms with Gasteiger partial charge in [0.15, 0.2) is 15.1 Å². The standard InChI is InChI=1S/C26H22Cl2FN3O5S2/c1-15(23-18(27)4-3-5-19(23)29)12-16-6-8-21-20(13-16)32(14-17(37-21)7-9-22(33)36-2)39(34,35)25-24(28)30-26-31(25)10-11-38-26/h3-6,8,10-13,17H,7,9,14H2,1-2H3. The number of methoxy groups -OCH3 is 1. The Bertz CT molecular complexity index is 1700. The molecule has 204 valence electrons. The Hall–Kier alpha value is -3.12. The summed E-state index contributed by atoms with van der Waals surface area (Å²) >= 11 is 13.8. The highest BCUT2D eigenvalue weighted by Crippen LogP contribution is 2.41. The average molecular weight is 611 g/mol. The van der Waals surface area contributed by atoms with E-state index in [-0.39, 0.29) is 45.8 Å². The van der Waals surface area contributed by atoms with Crippen LogP contribution in [-0.4, -0.2) is 43.5 Å². The first-order valence-corrected chi connectivity index (χ1v) is 14.8. The molecule has 2 aromatic heterocycles. The molecule has 1 aliphatic heterocycles. The van der Waals surface area contributed by atoms with Crippen LogP contribution in [0.25, 0.3) is 16.6 Å². The molecule has 0 saturated carbocycles. The molecule has 0 saturated heterocycles. The van der Waals surface area contributed by atoms with Crippen molar-refractivity contribution in [3.8, 4) is 5.75 Å². The largest absolute Gasteiger partial charge is 0.486 e. The van der Waals surface area contributed by atoms with Gasteiger partial charge in [-0.25, -0.2) is 9.37 Å². The molecule has 1 atom stereocenters. The summed E-state index contributed by atoms with van der Waals surface area (Å²) in [6.07, 6.45) is 2.95. The SMILES string of the molecule is COC(=O)CCC1CN(S(=O)(=O)c2c(Cl)nc3sccn23)c2cc(C=C(C)c3c(F)cccc3Cl)ccc2O1. The summed E-state index contributed by atoms with van der Waals surface area (Å²) < 4.78 is 56.1. The molecule has 8 nitrogen and oxygen atoms in total. The number of anilines is 1. The number of carbonyl (C=O) groups excluding carboxylic acids is 1. The van der Waals surface area contributed by atoms with E-state index in [0.717, 1.165) is 0 Å². The predicted molar refractivity (Wildman–Crippen MR) is 150 cm³/mol. The first-order chi connectivity index (χ1) is 18.6. The maximum absolute atomic E-state index is 14.5. The number of carbonyl (C=O) groups is 1. The van der Waals surface area contributed by atoms with Crippen molar-refractivity contribution in [3.05, 3.63) is 75.1 Å². The summed E-state index contributed by atoms with van der Waals surface area (Å²) in [6.45, 7) is 1.64. The fourth-order valence-corrected chi connectivity index (χ4v) is 7.67. The van der Waals surface area contributed by atoms with Crippen molar-refractivity contribution in [2.45, 2.75) is 30.9 Å². The third kappa shape index (κ3) is 5.23. The third-order valence-corrected chi connectivity index (χ3v) is 9.52. The van der Waals surface area contributed by atoms with E-state index in [4.69, 9.17) is 32.7 Å². The molecule has 3 heterocycles. The lowest BCUT2D eigenvalue weighted by molar-refractivity contribution is -0.141. The van der Waals surface area contributed by atoms with Crippen LogP contribution in [-0.2, 0) is 19.6 Å². The lowest BCUT2D eigenvalue weighted by Gasteiger charge is -2.35. The van der Waals surface area contributed by atoms with E-state index >= 15 is 0 Å². The number of esters is 1. The predicted octanol–water partition coefficient (Wildman–Crippen LogP) is 6.31. The zero-order valence-electron chi connectivity index (χ0n) is 20.7. The van der Waals surface area contributed by atoms with Crippen molar-refractivity contribution in [1.29, 1.82) is 0 Å². The quantitative estimate of drug-likeness (QED) is 0.180. The molecular weight excluding hydrogens is 588 g/mol. The van der Waals surface area contributed by atoms with E-state index in [2.05, 4.69) is 4.98 Å². The van der Waals surface area contributed by atoms with Gasteiger partial charge in [0.2, 0.25) is 0 Å². The molecule has 2 aromatic carbocycles. The average Bonchev–Trinajstić information content (AvgIpc) is 3.46. The second kappa shape index (κ2) is 10.8. The van der Waals surface area contributed by atoms with Gasteiger partial charge in [-0.3, -0.25) is 13.5 Å². The minimum absolute atomic E-state index is 0.0516. The van der Waals surface area contributed by atoms with Crippen molar-refractivity contribution < 1.29 is 27.1 Å². The second-order valence-electron chi connectivity index (χ2n) is 8.81. The van der Waals surface area contributed by atoms with Gasteiger partial charge in [-0.1, -0.05) is 41.4 Å². The van der Waals surface area contributed by atoms with Crippen LogP contribution in [0.1, 0.15) is 30.9 Å². The van der Waals surface area contributed by atoms with E-state index in [0.29, 0.717) is 21.8 Å². The summed E-state index contributed by atoms with van der Waals surface area (Å²) in [6, 6.07) is 9.46. The number of thiazole rings is 1. The number of benzene rings is 2. The number of hydrogen-bond acceptors (Lipinski definition) is 7. The van der Waals surface area contributed by atoms with E-state index in [1.807, 2.05) is 0 Å². The van der Waals surface area contributed by atoms with Gasteiger partial charge in [-0.2, -0.15) is 8.42 Å². The highest BCUT2D eigenvalue weighted by Gasteiger charge is 2.38. The fraction of sp³-hybridized carbons (Fsp3) is 0.231. The van der Waals surface area contributed by atoms with E-state index < -0.39 is 27.9 Å². The number of halogens is 3. The summed E-state index contributed by atoms with van der Waals surface area (Å²) in [7, 11) is -2.95. The molecule has 0 fully saturated rings. The third-order valence-electron chi connectivity index (χ3n) is 6.27. The normalized spacial score (nSPS) is 15.8. The molecular formula is C26H22Cl2FN3O5S2. The number of fused-ring (bicyclic) bond motifs is 2. The monoisotopic (exact) mass is 609 g/mol. The maximum Gasteiger partial charge on any atom is 0.305 e. The highest BCUT2D eigenvalue weighted by molar-refractivity contribution is 7.92. The first-order valence-electron chi connectivity index (χ1n) is 11.7. The molecule has 4 aromatic rings. The Morgan fingerprint density at radius 3 is 2.85 bits per heavy atom. The van der Waals surface area contributed by atoms with Crippen molar-refractivity contribution in [2.75, 3.05) is 18.0 Å². The molecule has 5 rings (SSSR count). The van der Waals surface area contributed by atoms with Gasteiger partial charge in [0.1, 0.15) is 17.7 Å². The fourth-order valence-electron chi connectivity index (χ4n) is 4.45. The van der Waals surface area contributed by atoms with Crippen LogP contribution in [0.2, 0.25) is 10.2 Å². The second-order valence-corrected chi connectivity index (χ2v) is 12.2. The van der Waals surface area contributed by atoms with Crippen LogP contribution in [0.15, 0.2) is 53.0 Å². The molecule has 0 amide bonds. The topological polar surface area (TPSA) is 90.2 Å². The summed E-state index contributed by atoms with van der Waals surface area (Å²) in [5, 5.41) is 1.65. The van der Waals surface area contributed by atoms with Crippen LogP contribution in [0.4, 0.5) is 10.1 Å². The van der Waals surface area contributed by atoms with Gasteiger partial charge in [0.25, 0.3) is 10.0 Å². The minimum atomic E-state index is -4.24. The highest BCUT2D eigenvalue weighted by atomic mass is 35.5. The van der Waals surface area contributed by atoms with Crippen LogP contribution in [0.3, 0.4) is 0 Å². The lowest BCUT2D eigenvalue weighted by Crippen LogP contribution is -2.44. The Balaban J connectivity index is 1.59. The Labute approximate surface area is 238 Å². The van der Waals surface area contributed by atoms with Gasteiger partial charge in [-0.05, 0) is 48.7 Å². The number of ether oxygens (including phenoxy) is 2. The number of hydrogen-bond donors (Lipinski definition) is 0. The number of sulfonamides is 1. The molecule has 0 N–H and O–H groups in total. The van der Waals surface area contributed by atoms with Crippen molar-refractivity contribution in [2.24, 2.45) is 0 Å². The minimum Gasteiger partial charge on any atom is -0.486 e. The van der Waals surface area contributed by atoms with Crippen LogP contribution < -0.4 is 9.04 Å². The van der Waals surface area contributed by atoms with Gasteiger partial charge in [0.05, 0.1) is 24.4 Å². The number of nitrogens with zero attached hydrogens (tertiary/aromatic N) is 3. The number of aromatic nitrogens is 2. The van der Waals surface area contributed by atoms with Crippen LogP contribution >= 0.6 is 34.5 Å². The van der Waals surface area contributed by atoms with Crippen molar-refractivity contribution in [1.82, 2.24) is 9.38 Å². The molecule has 13 heteroatoms. The van der Waals surface area contributed by atoms with Crippen molar-refractivity contribution >= 4 is 72.8 Å². The van der Waals surface area contributed by atoms with E-state index in [1.54, 1.807) is 48.8 Å². The molecule has 0 radical (unpaired) electrons. The van der Waals surface area contributed by atoms with Crippen molar-refractivity contribution in [3.63, 3.8) is 0 Å². The van der Waals surface area contributed by atoms with E-state index in [9.17, 15) is 17.6 Å². The summed E-state index contributed by atoms with van der Waals surface area (Å²) in [5.74, 6) is -0.591. The molecule has 0 spiro atoms. The number of imidazole rings is 1. The maximum atomic E-state index is 14.5. The molecule has 0 bridgehead atoms. The molecule has 1 aliphatic rings. The Morgan fingerprint density at radius 2 is 2.10 bits per heavy atom. The molecule has 0 aliphatic carbocycles. The van der Waals surface area contributed by atoms with Crippen LogP contribution in [0.5, 0.6) is 5.75 Å². The summed E-state index contributed by atoms with van der Waals surface area (Å²) in [4.78, 5) is 16.4. The Kier molecular flexibility index (Phi) is 7.60. The zero-order chi connectivity index (χ0) is 27.9. The Morgan fingerprint density at radius 1 is 1.31 bits per heavy atom. The molecule has 39 heavy (non-hydrogen) atoms. The van der Waals surface area contributed by atoms with Gasteiger partial charge in [-0.15, -0.1) is 11.3 Å². The number of rotatable bonds is 7. The summed E-state index contributed by atoms with van der Waals surface area (Å²) in [5.41, 5.74) is 1.68.